The Bertz CT molecular complexity index is 695. The summed E-state index contributed by atoms with van der Waals surface area (Å²) in [5.41, 5.74) is 10.1. The fourth-order valence-corrected chi connectivity index (χ4v) is 3.41. The second-order valence-corrected chi connectivity index (χ2v) is 6.26. The lowest BCUT2D eigenvalue weighted by molar-refractivity contribution is 0.318. The molecule has 108 valence electrons. The number of nitrogens with zero attached hydrogens (tertiary/aromatic N) is 2. The minimum Gasteiger partial charge on any atom is -0.409 e. The van der Waals surface area contributed by atoms with Crippen LogP contribution in [0.15, 0.2) is 45.4 Å². The Labute approximate surface area is 128 Å². The van der Waals surface area contributed by atoms with Crippen LogP contribution in [-0.4, -0.2) is 16.0 Å². The Hall–Kier alpha value is -2.01. The molecule has 0 saturated carbocycles. The highest BCUT2D eigenvalue weighted by atomic mass is 32.2. The SMILES string of the molecule is Cc1ccc(Sc2nc3c(cc2C(N)=NO)CCC3)cc1. The molecule has 1 heterocycles. The normalized spacial score (nSPS) is 14.2. The van der Waals surface area contributed by atoms with E-state index in [1.54, 1.807) is 11.8 Å². The molecule has 0 bridgehead atoms. The molecule has 1 aliphatic rings. The van der Waals surface area contributed by atoms with Gasteiger partial charge in [0.2, 0.25) is 0 Å². The monoisotopic (exact) mass is 299 g/mol. The number of benzene rings is 1. The van der Waals surface area contributed by atoms with Gasteiger partial charge in [-0.15, -0.1) is 0 Å². The number of fused-ring (bicyclic) bond motifs is 1. The highest BCUT2D eigenvalue weighted by Crippen LogP contribution is 2.32. The molecule has 4 nitrogen and oxygen atoms in total. The van der Waals surface area contributed by atoms with Gasteiger partial charge in [0.15, 0.2) is 5.84 Å². The van der Waals surface area contributed by atoms with E-state index in [1.165, 1.54) is 11.1 Å². The molecular formula is C16H17N3OS. The van der Waals surface area contributed by atoms with E-state index >= 15 is 0 Å². The number of aryl methyl sites for hydroxylation is 3. The number of oxime groups is 1. The van der Waals surface area contributed by atoms with Gasteiger partial charge in [-0.2, -0.15) is 0 Å². The average Bonchev–Trinajstić information content (AvgIpc) is 2.95. The molecule has 0 atom stereocenters. The van der Waals surface area contributed by atoms with Gasteiger partial charge in [0.1, 0.15) is 5.03 Å². The number of hydrogen-bond acceptors (Lipinski definition) is 4. The maximum atomic E-state index is 8.99. The summed E-state index contributed by atoms with van der Waals surface area (Å²) >= 11 is 1.55. The van der Waals surface area contributed by atoms with Crippen LogP contribution in [0.25, 0.3) is 0 Å². The fraction of sp³-hybridized carbons (Fsp3) is 0.250. The van der Waals surface area contributed by atoms with Crippen molar-refractivity contribution < 1.29 is 5.21 Å². The summed E-state index contributed by atoms with van der Waals surface area (Å²) in [5.74, 6) is 0.117. The Balaban J connectivity index is 2.01. The van der Waals surface area contributed by atoms with Crippen molar-refractivity contribution in [3.8, 4) is 0 Å². The Morgan fingerprint density at radius 3 is 2.76 bits per heavy atom. The molecule has 0 aliphatic heterocycles. The van der Waals surface area contributed by atoms with Crippen LogP contribution in [-0.2, 0) is 12.8 Å². The number of rotatable bonds is 3. The third kappa shape index (κ3) is 2.88. The zero-order valence-electron chi connectivity index (χ0n) is 11.8. The lowest BCUT2D eigenvalue weighted by Crippen LogP contribution is -2.16. The van der Waals surface area contributed by atoms with Crippen molar-refractivity contribution in [1.82, 2.24) is 4.98 Å². The minimum atomic E-state index is 0.117. The molecule has 3 N–H and O–H groups in total. The van der Waals surface area contributed by atoms with Crippen molar-refractivity contribution in [2.75, 3.05) is 0 Å². The van der Waals surface area contributed by atoms with Crippen LogP contribution in [0.5, 0.6) is 0 Å². The Kier molecular flexibility index (Phi) is 3.84. The number of nitrogens with two attached hydrogens (primary N) is 1. The maximum Gasteiger partial charge on any atom is 0.172 e. The van der Waals surface area contributed by atoms with E-state index in [4.69, 9.17) is 15.9 Å². The largest absolute Gasteiger partial charge is 0.409 e. The lowest BCUT2D eigenvalue weighted by atomic mass is 10.1. The van der Waals surface area contributed by atoms with E-state index in [0.717, 1.165) is 34.9 Å². The van der Waals surface area contributed by atoms with Crippen molar-refractivity contribution >= 4 is 17.6 Å². The molecule has 0 spiro atoms. The Morgan fingerprint density at radius 1 is 1.29 bits per heavy atom. The fourth-order valence-electron chi connectivity index (χ4n) is 2.49. The molecule has 3 rings (SSSR count). The van der Waals surface area contributed by atoms with Gasteiger partial charge in [-0.1, -0.05) is 34.6 Å². The third-order valence-electron chi connectivity index (χ3n) is 3.64. The van der Waals surface area contributed by atoms with E-state index in [-0.39, 0.29) is 5.84 Å². The first kappa shape index (κ1) is 13.9. The smallest absolute Gasteiger partial charge is 0.172 e. The summed E-state index contributed by atoms with van der Waals surface area (Å²) in [7, 11) is 0. The lowest BCUT2D eigenvalue weighted by Gasteiger charge is -2.10. The first-order valence-electron chi connectivity index (χ1n) is 6.92. The molecule has 0 unspecified atom stereocenters. The predicted octanol–water partition coefficient (Wildman–Crippen LogP) is 3.12. The van der Waals surface area contributed by atoms with Crippen LogP contribution in [0.2, 0.25) is 0 Å². The van der Waals surface area contributed by atoms with Gasteiger partial charge in [0, 0.05) is 10.6 Å². The van der Waals surface area contributed by atoms with E-state index in [1.807, 2.05) is 6.07 Å². The second-order valence-electron chi connectivity index (χ2n) is 5.20. The van der Waals surface area contributed by atoms with Crippen LogP contribution in [0.4, 0.5) is 0 Å². The Morgan fingerprint density at radius 2 is 2.05 bits per heavy atom. The molecule has 0 amide bonds. The first-order valence-corrected chi connectivity index (χ1v) is 7.74. The van der Waals surface area contributed by atoms with Crippen LogP contribution in [0, 0.1) is 6.92 Å². The molecule has 21 heavy (non-hydrogen) atoms. The van der Waals surface area contributed by atoms with E-state index in [0.29, 0.717) is 5.56 Å². The summed E-state index contributed by atoms with van der Waals surface area (Å²) in [6.07, 6.45) is 3.15. The number of aromatic nitrogens is 1. The average molecular weight is 299 g/mol. The topological polar surface area (TPSA) is 71.5 Å². The summed E-state index contributed by atoms with van der Waals surface area (Å²) < 4.78 is 0. The van der Waals surface area contributed by atoms with Crippen LogP contribution in [0.3, 0.4) is 0 Å². The van der Waals surface area contributed by atoms with E-state index in [2.05, 4.69) is 36.3 Å². The molecule has 0 fully saturated rings. The van der Waals surface area contributed by atoms with Gasteiger partial charge in [0.25, 0.3) is 0 Å². The molecule has 0 radical (unpaired) electrons. The minimum absolute atomic E-state index is 0.117. The van der Waals surface area contributed by atoms with Crippen molar-refractivity contribution in [2.45, 2.75) is 36.1 Å². The summed E-state index contributed by atoms with van der Waals surface area (Å²) in [5, 5.41) is 12.9. The zero-order chi connectivity index (χ0) is 14.8. The van der Waals surface area contributed by atoms with Crippen molar-refractivity contribution in [2.24, 2.45) is 10.9 Å². The maximum absolute atomic E-state index is 8.99. The van der Waals surface area contributed by atoms with E-state index in [9.17, 15) is 0 Å². The first-order chi connectivity index (χ1) is 10.2. The summed E-state index contributed by atoms with van der Waals surface area (Å²) in [6.45, 7) is 2.06. The zero-order valence-corrected chi connectivity index (χ0v) is 12.7. The van der Waals surface area contributed by atoms with Crippen molar-refractivity contribution in [3.63, 3.8) is 0 Å². The summed E-state index contributed by atoms with van der Waals surface area (Å²) in [6, 6.07) is 10.3. The molecular weight excluding hydrogens is 282 g/mol. The van der Waals surface area contributed by atoms with E-state index < -0.39 is 0 Å². The van der Waals surface area contributed by atoms with Crippen LogP contribution >= 0.6 is 11.8 Å². The molecule has 0 saturated heterocycles. The van der Waals surface area contributed by atoms with Crippen molar-refractivity contribution in [3.05, 3.63) is 52.7 Å². The highest BCUT2D eigenvalue weighted by Gasteiger charge is 2.19. The number of hydrogen-bond donors (Lipinski definition) is 2. The summed E-state index contributed by atoms with van der Waals surface area (Å²) in [4.78, 5) is 5.83. The van der Waals surface area contributed by atoms with Gasteiger partial charge < -0.3 is 10.9 Å². The standard InChI is InChI=1S/C16H17N3OS/c1-10-5-7-12(8-6-10)21-16-13(15(17)19-20)9-11-3-2-4-14(11)18-16/h5-9,20H,2-4H2,1H3,(H2,17,19). The van der Waals surface area contributed by atoms with Gasteiger partial charge in [0.05, 0.1) is 5.56 Å². The predicted molar refractivity (Wildman–Crippen MR) is 84.1 cm³/mol. The molecule has 2 aromatic rings. The van der Waals surface area contributed by atoms with Crippen LogP contribution in [0.1, 0.15) is 28.8 Å². The second kappa shape index (κ2) is 5.77. The van der Waals surface area contributed by atoms with Gasteiger partial charge in [-0.25, -0.2) is 4.98 Å². The molecule has 5 heteroatoms. The van der Waals surface area contributed by atoms with Gasteiger partial charge in [-0.3, -0.25) is 0 Å². The van der Waals surface area contributed by atoms with Gasteiger partial charge in [-0.05, 0) is 49.9 Å². The highest BCUT2D eigenvalue weighted by molar-refractivity contribution is 7.99. The number of amidine groups is 1. The molecule has 1 aromatic heterocycles. The molecule has 1 aromatic carbocycles. The van der Waals surface area contributed by atoms with Gasteiger partial charge >= 0.3 is 0 Å². The van der Waals surface area contributed by atoms with Crippen molar-refractivity contribution in [1.29, 1.82) is 0 Å². The quantitative estimate of drug-likeness (QED) is 0.395. The molecule has 1 aliphatic carbocycles. The third-order valence-corrected chi connectivity index (χ3v) is 4.65. The number of pyridine rings is 1. The van der Waals surface area contributed by atoms with Crippen LogP contribution < -0.4 is 5.73 Å².